The van der Waals surface area contributed by atoms with Gasteiger partial charge in [-0.05, 0) is 50.9 Å². The van der Waals surface area contributed by atoms with Gasteiger partial charge < -0.3 is 20.1 Å². The molecule has 0 spiro atoms. The van der Waals surface area contributed by atoms with Crippen LogP contribution < -0.4 is 10.6 Å². The summed E-state index contributed by atoms with van der Waals surface area (Å²) in [6.45, 7) is 5.28. The molecule has 0 radical (unpaired) electrons. The second kappa shape index (κ2) is 10.9. The SMILES string of the molecule is CCOC(=O)C1=C(CN2CCCC(C(=O)OCC)C2)NC(=O)NC1c1ccc([N+](=O)[O-])cc1. The van der Waals surface area contributed by atoms with Crippen molar-refractivity contribution in [1.82, 2.24) is 15.5 Å². The third-order valence-electron chi connectivity index (χ3n) is 5.59. The molecule has 0 bridgehead atoms. The number of nitro benzene ring substituents is 1. The molecule has 11 nitrogen and oxygen atoms in total. The Hall–Kier alpha value is -3.47. The van der Waals surface area contributed by atoms with Gasteiger partial charge in [0.25, 0.3) is 5.69 Å². The molecule has 1 fully saturated rings. The molecule has 2 aliphatic rings. The van der Waals surface area contributed by atoms with Gasteiger partial charge in [0.15, 0.2) is 0 Å². The van der Waals surface area contributed by atoms with E-state index in [0.29, 0.717) is 31.0 Å². The average molecular weight is 460 g/mol. The van der Waals surface area contributed by atoms with E-state index in [1.165, 1.54) is 24.3 Å². The third kappa shape index (κ3) is 5.86. The van der Waals surface area contributed by atoms with Crippen molar-refractivity contribution in [2.24, 2.45) is 5.92 Å². The van der Waals surface area contributed by atoms with Crippen LogP contribution in [0.15, 0.2) is 35.5 Å². The first kappa shape index (κ1) is 24.2. The van der Waals surface area contributed by atoms with Gasteiger partial charge >= 0.3 is 18.0 Å². The summed E-state index contributed by atoms with van der Waals surface area (Å²) in [5.74, 6) is -1.12. The third-order valence-corrected chi connectivity index (χ3v) is 5.59. The van der Waals surface area contributed by atoms with E-state index in [1.54, 1.807) is 13.8 Å². The number of nitrogens with one attached hydrogen (secondary N) is 2. The summed E-state index contributed by atoms with van der Waals surface area (Å²) < 4.78 is 10.4. The Labute approximate surface area is 191 Å². The smallest absolute Gasteiger partial charge is 0.338 e. The summed E-state index contributed by atoms with van der Waals surface area (Å²) in [5.41, 5.74) is 1.02. The number of piperidine rings is 1. The summed E-state index contributed by atoms with van der Waals surface area (Å²) in [6.07, 6.45) is 1.50. The molecule has 0 aliphatic carbocycles. The van der Waals surface area contributed by atoms with Gasteiger partial charge in [0, 0.05) is 30.9 Å². The van der Waals surface area contributed by atoms with Crippen molar-refractivity contribution >= 4 is 23.7 Å². The summed E-state index contributed by atoms with van der Waals surface area (Å²) in [5, 5.41) is 16.4. The maximum Gasteiger partial charge on any atom is 0.338 e. The number of carbonyl (C=O) groups is 3. The molecule has 1 aromatic carbocycles. The van der Waals surface area contributed by atoms with Gasteiger partial charge in [-0.1, -0.05) is 0 Å². The number of hydrogen-bond acceptors (Lipinski definition) is 8. The molecule has 1 saturated heterocycles. The molecule has 0 saturated carbocycles. The number of likely N-dealkylation sites (tertiary alicyclic amines) is 1. The van der Waals surface area contributed by atoms with Crippen molar-refractivity contribution in [3.8, 4) is 0 Å². The molecule has 2 amide bonds. The van der Waals surface area contributed by atoms with Gasteiger partial charge in [-0.2, -0.15) is 0 Å². The zero-order valence-electron chi connectivity index (χ0n) is 18.7. The Kier molecular flexibility index (Phi) is 7.99. The van der Waals surface area contributed by atoms with Gasteiger partial charge in [-0.25, -0.2) is 9.59 Å². The molecule has 3 rings (SSSR count). The van der Waals surface area contributed by atoms with E-state index < -0.39 is 23.0 Å². The highest BCUT2D eigenvalue weighted by molar-refractivity contribution is 5.95. The fourth-order valence-corrected chi connectivity index (χ4v) is 4.11. The van der Waals surface area contributed by atoms with Gasteiger partial charge in [0.2, 0.25) is 0 Å². The summed E-state index contributed by atoms with van der Waals surface area (Å²) in [4.78, 5) is 50.0. The Morgan fingerprint density at radius 1 is 1.18 bits per heavy atom. The van der Waals surface area contributed by atoms with Gasteiger partial charge in [-0.15, -0.1) is 0 Å². The van der Waals surface area contributed by atoms with Gasteiger partial charge in [-0.3, -0.25) is 19.8 Å². The van der Waals surface area contributed by atoms with Crippen LogP contribution >= 0.6 is 0 Å². The molecule has 0 aromatic heterocycles. The minimum Gasteiger partial charge on any atom is -0.466 e. The van der Waals surface area contributed by atoms with Crippen LogP contribution in [-0.4, -0.2) is 60.6 Å². The van der Waals surface area contributed by atoms with E-state index >= 15 is 0 Å². The van der Waals surface area contributed by atoms with Crippen LogP contribution in [0, 0.1) is 16.0 Å². The largest absolute Gasteiger partial charge is 0.466 e. The standard InChI is InChI=1S/C22H28N4O7/c1-3-32-20(27)15-6-5-11-25(12-15)13-17-18(21(28)33-4-2)19(24-22(29)23-17)14-7-9-16(10-8-14)26(30)31/h7-10,15,19H,3-6,11-13H2,1-2H3,(H2,23,24,29). The van der Waals surface area contributed by atoms with Crippen molar-refractivity contribution < 1.29 is 28.8 Å². The van der Waals surface area contributed by atoms with Crippen LogP contribution in [0.1, 0.15) is 38.3 Å². The predicted octanol–water partition coefficient (Wildman–Crippen LogP) is 2.04. The second-order valence-electron chi connectivity index (χ2n) is 7.82. The maximum absolute atomic E-state index is 12.9. The van der Waals surface area contributed by atoms with Crippen molar-refractivity contribution in [2.75, 3.05) is 32.8 Å². The number of amides is 2. The lowest BCUT2D eigenvalue weighted by Crippen LogP contribution is -2.50. The first-order valence-electron chi connectivity index (χ1n) is 10.9. The highest BCUT2D eigenvalue weighted by Crippen LogP contribution is 2.30. The fourth-order valence-electron chi connectivity index (χ4n) is 4.11. The molecule has 11 heteroatoms. The van der Waals surface area contributed by atoms with E-state index in [-0.39, 0.29) is 36.3 Å². The van der Waals surface area contributed by atoms with E-state index in [2.05, 4.69) is 10.6 Å². The minimum absolute atomic E-state index is 0.0979. The average Bonchev–Trinajstić information content (AvgIpc) is 2.79. The quantitative estimate of drug-likeness (QED) is 0.341. The Bertz CT molecular complexity index is 945. The van der Waals surface area contributed by atoms with E-state index in [9.17, 15) is 24.5 Å². The molecule has 2 N–H and O–H groups in total. The number of non-ortho nitro benzene ring substituents is 1. The normalized spacial score (nSPS) is 21.1. The first-order valence-corrected chi connectivity index (χ1v) is 10.9. The number of esters is 2. The Morgan fingerprint density at radius 2 is 1.88 bits per heavy atom. The van der Waals surface area contributed by atoms with Crippen molar-refractivity contribution in [1.29, 1.82) is 0 Å². The lowest BCUT2D eigenvalue weighted by molar-refractivity contribution is -0.384. The highest BCUT2D eigenvalue weighted by Gasteiger charge is 2.35. The number of carbonyl (C=O) groups excluding carboxylic acids is 3. The molecule has 2 atom stereocenters. The van der Waals surface area contributed by atoms with Crippen molar-refractivity contribution in [2.45, 2.75) is 32.7 Å². The van der Waals surface area contributed by atoms with E-state index in [0.717, 1.165) is 12.8 Å². The van der Waals surface area contributed by atoms with Crippen LogP contribution in [0.4, 0.5) is 10.5 Å². The number of urea groups is 1. The van der Waals surface area contributed by atoms with Gasteiger partial charge in [0.1, 0.15) is 0 Å². The lowest BCUT2D eigenvalue weighted by Gasteiger charge is -2.35. The van der Waals surface area contributed by atoms with Crippen LogP contribution in [-0.2, 0) is 19.1 Å². The molecule has 2 unspecified atom stereocenters. The Balaban J connectivity index is 1.91. The minimum atomic E-state index is -0.834. The van der Waals surface area contributed by atoms with Crippen LogP contribution in [0.25, 0.3) is 0 Å². The number of rotatable bonds is 8. The summed E-state index contributed by atoms with van der Waals surface area (Å²) in [7, 11) is 0. The first-order chi connectivity index (χ1) is 15.8. The molecule has 2 aliphatic heterocycles. The second-order valence-corrected chi connectivity index (χ2v) is 7.82. The molecule has 33 heavy (non-hydrogen) atoms. The molecule has 2 heterocycles. The number of nitrogens with zero attached hydrogens (tertiary/aromatic N) is 2. The predicted molar refractivity (Wildman–Crippen MR) is 117 cm³/mol. The van der Waals surface area contributed by atoms with Crippen LogP contribution in [0.5, 0.6) is 0 Å². The Morgan fingerprint density at radius 3 is 2.52 bits per heavy atom. The number of ether oxygens (including phenoxy) is 2. The van der Waals surface area contributed by atoms with Crippen molar-refractivity contribution in [3.05, 3.63) is 51.2 Å². The van der Waals surface area contributed by atoms with Gasteiger partial charge in [0.05, 0.1) is 35.7 Å². The zero-order chi connectivity index (χ0) is 24.0. The number of nitro groups is 1. The number of hydrogen-bond donors (Lipinski definition) is 2. The topological polar surface area (TPSA) is 140 Å². The van der Waals surface area contributed by atoms with Crippen LogP contribution in [0.2, 0.25) is 0 Å². The molecule has 178 valence electrons. The number of benzene rings is 1. The lowest BCUT2D eigenvalue weighted by atomic mass is 9.93. The maximum atomic E-state index is 12.9. The van der Waals surface area contributed by atoms with Crippen LogP contribution in [0.3, 0.4) is 0 Å². The fraction of sp³-hybridized carbons (Fsp3) is 0.500. The molecule has 1 aromatic rings. The van der Waals surface area contributed by atoms with Crippen molar-refractivity contribution in [3.63, 3.8) is 0 Å². The molecular formula is C22H28N4O7. The van der Waals surface area contributed by atoms with E-state index in [1.807, 2.05) is 4.90 Å². The monoisotopic (exact) mass is 460 g/mol. The molecular weight excluding hydrogens is 432 g/mol. The highest BCUT2D eigenvalue weighted by atomic mass is 16.6. The zero-order valence-corrected chi connectivity index (χ0v) is 18.7. The summed E-state index contributed by atoms with van der Waals surface area (Å²) >= 11 is 0. The summed E-state index contributed by atoms with van der Waals surface area (Å²) in [6, 6.07) is 4.31. The van der Waals surface area contributed by atoms with E-state index in [4.69, 9.17) is 9.47 Å².